The number of rotatable bonds is 6. The molecule has 10 heteroatoms. The number of carbonyl (C=O) groups excluding carboxylic acids is 4. The van der Waals surface area contributed by atoms with Crippen LogP contribution >= 0.6 is 0 Å². The quantitative estimate of drug-likeness (QED) is 0.518. The highest BCUT2D eigenvalue weighted by Gasteiger charge is 2.44. The van der Waals surface area contributed by atoms with Gasteiger partial charge >= 0.3 is 0 Å². The molecule has 1 aromatic carbocycles. The SMILES string of the molecule is O=C1CCC(N2C(=O)c3ccc(N4CCN(CC5CCN(CC6CCNCC6)CC5)CC4)cc3C2=O)C(=O)N1. The van der Waals surface area contributed by atoms with E-state index in [0.29, 0.717) is 11.1 Å². The molecular weight excluding hydrogens is 496 g/mol. The summed E-state index contributed by atoms with van der Waals surface area (Å²) >= 11 is 0. The van der Waals surface area contributed by atoms with Crippen molar-refractivity contribution in [3.8, 4) is 0 Å². The van der Waals surface area contributed by atoms with Gasteiger partial charge in [0.25, 0.3) is 11.8 Å². The maximum Gasteiger partial charge on any atom is 0.262 e. The van der Waals surface area contributed by atoms with E-state index in [1.165, 1.54) is 58.4 Å². The van der Waals surface area contributed by atoms with E-state index in [4.69, 9.17) is 0 Å². The average molecular weight is 537 g/mol. The minimum absolute atomic E-state index is 0.122. The van der Waals surface area contributed by atoms with Gasteiger partial charge in [0.1, 0.15) is 6.04 Å². The highest BCUT2D eigenvalue weighted by atomic mass is 16.2. The third-order valence-corrected chi connectivity index (χ3v) is 9.36. The Morgan fingerprint density at radius 3 is 2.05 bits per heavy atom. The smallest absolute Gasteiger partial charge is 0.262 e. The summed E-state index contributed by atoms with van der Waals surface area (Å²) in [6.07, 6.45) is 5.50. The fourth-order valence-electron chi connectivity index (χ4n) is 6.99. The molecule has 5 aliphatic heterocycles. The van der Waals surface area contributed by atoms with Crippen LogP contribution in [0, 0.1) is 11.8 Å². The number of fused-ring (bicyclic) bond motifs is 1. The van der Waals surface area contributed by atoms with Crippen LogP contribution < -0.4 is 15.5 Å². The number of hydrogen-bond acceptors (Lipinski definition) is 8. The number of likely N-dealkylation sites (tertiary alicyclic amines) is 1. The summed E-state index contributed by atoms with van der Waals surface area (Å²) in [7, 11) is 0. The van der Waals surface area contributed by atoms with E-state index < -0.39 is 23.8 Å². The highest BCUT2D eigenvalue weighted by molar-refractivity contribution is 6.23. The van der Waals surface area contributed by atoms with E-state index in [1.54, 1.807) is 12.1 Å². The number of nitrogens with zero attached hydrogens (tertiary/aromatic N) is 4. The van der Waals surface area contributed by atoms with Gasteiger partial charge in [-0.1, -0.05) is 0 Å². The zero-order valence-corrected chi connectivity index (χ0v) is 22.7. The lowest BCUT2D eigenvalue weighted by Gasteiger charge is -2.40. The standard InChI is InChI=1S/C29H40N6O4/c36-26-4-3-25(27(37)31-26)35-28(38)23-2-1-22(17-24(23)29(35)39)34-15-13-33(14-16-34)19-21-7-11-32(12-8-21)18-20-5-9-30-10-6-20/h1-2,17,20-21,25,30H,3-16,18-19H2,(H,31,36,37). The van der Waals surface area contributed by atoms with Crippen LogP contribution in [0.2, 0.25) is 0 Å². The lowest BCUT2D eigenvalue weighted by atomic mass is 9.93. The van der Waals surface area contributed by atoms with Gasteiger partial charge in [0.2, 0.25) is 11.8 Å². The zero-order valence-electron chi connectivity index (χ0n) is 22.7. The molecule has 1 aromatic rings. The molecule has 4 fully saturated rings. The molecule has 10 nitrogen and oxygen atoms in total. The maximum absolute atomic E-state index is 13.2. The van der Waals surface area contributed by atoms with Crippen molar-refractivity contribution in [2.24, 2.45) is 11.8 Å². The van der Waals surface area contributed by atoms with E-state index in [0.717, 1.165) is 55.1 Å². The highest BCUT2D eigenvalue weighted by Crippen LogP contribution is 2.31. The van der Waals surface area contributed by atoms with Gasteiger partial charge in [0.15, 0.2) is 0 Å². The Morgan fingerprint density at radius 1 is 0.718 bits per heavy atom. The molecule has 0 saturated carbocycles. The summed E-state index contributed by atoms with van der Waals surface area (Å²) in [5.74, 6) is -0.220. The number of amides is 4. The number of benzene rings is 1. The molecular formula is C29H40N6O4. The fraction of sp³-hybridized carbons (Fsp3) is 0.655. The Kier molecular flexibility index (Phi) is 7.68. The molecule has 5 heterocycles. The van der Waals surface area contributed by atoms with Crippen LogP contribution in [0.3, 0.4) is 0 Å². The van der Waals surface area contributed by atoms with Crippen LogP contribution in [0.1, 0.15) is 59.2 Å². The molecule has 0 aliphatic carbocycles. The minimum Gasteiger partial charge on any atom is -0.369 e. The molecule has 39 heavy (non-hydrogen) atoms. The monoisotopic (exact) mass is 536 g/mol. The Morgan fingerprint density at radius 2 is 1.36 bits per heavy atom. The fourth-order valence-corrected chi connectivity index (χ4v) is 6.99. The molecule has 210 valence electrons. The molecule has 0 spiro atoms. The van der Waals surface area contributed by atoms with Crippen molar-refractivity contribution in [3.05, 3.63) is 29.3 Å². The summed E-state index contributed by atoms with van der Waals surface area (Å²) in [6.45, 7) is 11.0. The van der Waals surface area contributed by atoms with E-state index >= 15 is 0 Å². The Balaban J connectivity index is 0.995. The molecule has 4 amide bonds. The number of imide groups is 2. The predicted molar refractivity (Wildman–Crippen MR) is 147 cm³/mol. The van der Waals surface area contributed by atoms with Crippen molar-refractivity contribution in [1.82, 2.24) is 25.3 Å². The number of nitrogens with one attached hydrogen (secondary N) is 2. The summed E-state index contributed by atoms with van der Waals surface area (Å²) in [4.78, 5) is 58.6. The molecule has 0 bridgehead atoms. The first kappa shape index (κ1) is 26.4. The summed E-state index contributed by atoms with van der Waals surface area (Å²) in [6, 6.07) is 4.49. The normalized spacial score (nSPS) is 26.3. The lowest BCUT2D eigenvalue weighted by Crippen LogP contribution is -2.54. The Labute approximate surface area is 230 Å². The molecule has 2 N–H and O–H groups in total. The third kappa shape index (κ3) is 5.60. The Bertz CT molecular complexity index is 1120. The first-order chi connectivity index (χ1) is 19.0. The number of piperazine rings is 1. The summed E-state index contributed by atoms with van der Waals surface area (Å²) < 4.78 is 0. The van der Waals surface area contributed by atoms with Crippen molar-refractivity contribution in [1.29, 1.82) is 0 Å². The second kappa shape index (κ2) is 11.3. The Hall–Kier alpha value is -2.82. The maximum atomic E-state index is 13.2. The van der Waals surface area contributed by atoms with Gasteiger partial charge in [-0.25, -0.2) is 0 Å². The van der Waals surface area contributed by atoms with Crippen LogP contribution in [0.5, 0.6) is 0 Å². The van der Waals surface area contributed by atoms with Crippen molar-refractivity contribution < 1.29 is 19.2 Å². The predicted octanol–water partition coefficient (Wildman–Crippen LogP) is 0.921. The van der Waals surface area contributed by atoms with Crippen molar-refractivity contribution in [2.75, 3.05) is 70.3 Å². The molecule has 1 atom stereocenters. The average Bonchev–Trinajstić information content (AvgIpc) is 3.20. The molecule has 0 aromatic heterocycles. The number of piperidine rings is 3. The lowest BCUT2D eigenvalue weighted by molar-refractivity contribution is -0.136. The van der Waals surface area contributed by atoms with Crippen molar-refractivity contribution >= 4 is 29.3 Å². The van der Waals surface area contributed by atoms with Crippen molar-refractivity contribution in [2.45, 2.75) is 44.6 Å². The van der Waals surface area contributed by atoms with Crippen LogP contribution in [-0.2, 0) is 9.59 Å². The first-order valence-electron chi connectivity index (χ1n) is 14.7. The molecule has 1 unspecified atom stereocenters. The number of carbonyl (C=O) groups is 4. The second-order valence-electron chi connectivity index (χ2n) is 11.9. The second-order valence-corrected chi connectivity index (χ2v) is 11.9. The van der Waals surface area contributed by atoms with Gasteiger partial charge in [-0.3, -0.25) is 34.3 Å². The van der Waals surface area contributed by atoms with Gasteiger partial charge in [0.05, 0.1) is 11.1 Å². The molecule has 0 radical (unpaired) electrons. The van der Waals surface area contributed by atoms with E-state index in [1.807, 2.05) is 6.07 Å². The molecule has 5 aliphatic rings. The molecule has 6 rings (SSSR count). The van der Waals surface area contributed by atoms with Gasteiger partial charge in [-0.2, -0.15) is 0 Å². The van der Waals surface area contributed by atoms with Crippen molar-refractivity contribution in [3.63, 3.8) is 0 Å². The largest absolute Gasteiger partial charge is 0.369 e. The van der Waals surface area contributed by atoms with Gasteiger partial charge < -0.3 is 15.1 Å². The third-order valence-electron chi connectivity index (χ3n) is 9.36. The van der Waals surface area contributed by atoms with Crippen LogP contribution in [0.25, 0.3) is 0 Å². The van der Waals surface area contributed by atoms with E-state index in [2.05, 4.69) is 25.3 Å². The minimum atomic E-state index is -0.932. The van der Waals surface area contributed by atoms with Gasteiger partial charge in [-0.05, 0) is 88.3 Å². The summed E-state index contributed by atoms with van der Waals surface area (Å²) in [5.41, 5.74) is 1.62. The van der Waals surface area contributed by atoms with Gasteiger partial charge in [0, 0.05) is 51.4 Å². The topological polar surface area (TPSA) is 105 Å². The van der Waals surface area contributed by atoms with Crippen LogP contribution in [0.4, 0.5) is 5.69 Å². The van der Waals surface area contributed by atoms with E-state index in [-0.39, 0.29) is 18.7 Å². The van der Waals surface area contributed by atoms with Crippen LogP contribution in [-0.4, -0.2) is 110 Å². The van der Waals surface area contributed by atoms with Crippen LogP contribution in [0.15, 0.2) is 18.2 Å². The number of hydrogen-bond donors (Lipinski definition) is 2. The number of anilines is 1. The zero-order chi connectivity index (χ0) is 26.9. The summed E-state index contributed by atoms with van der Waals surface area (Å²) in [5, 5.41) is 5.72. The first-order valence-corrected chi connectivity index (χ1v) is 14.7. The van der Waals surface area contributed by atoms with Gasteiger partial charge in [-0.15, -0.1) is 0 Å². The molecule has 4 saturated heterocycles. The van der Waals surface area contributed by atoms with E-state index in [9.17, 15) is 19.2 Å².